The fraction of sp³-hybridized carbons (Fsp3) is 0.824. The normalized spacial score (nSPS) is 28.8. The average molecular weight is 336 g/mol. The summed E-state index contributed by atoms with van der Waals surface area (Å²) in [5, 5.41) is 12.7. The van der Waals surface area contributed by atoms with Crippen molar-refractivity contribution in [2.45, 2.75) is 51.3 Å². The van der Waals surface area contributed by atoms with Crippen molar-refractivity contribution in [1.82, 2.24) is 20.2 Å². The molecule has 0 spiro atoms. The molecule has 0 radical (unpaired) electrons. The monoisotopic (exact) mass is 336 g/mol. The van der Waals surface area contributed by atoms with Crippen LogP contribution in [0, 0.1) is 0 Å². The molecule has 0 amide bonds. The zero-order valence-corrected chi connectivity index (χ0v) is 14.9. The molecule has 24 heavy (non-hydrogen) atoms. The van der Waals surface area contributed by atoms with E-state index < -0.39 is 0 Å². The van der Waals surface area contributed by atoms with Crippen LogP contribution in [0.1, 0.15) is 44.5 Å². The van der Waals surface area contributed by atoms with Gasteiger partial charge in [0.15, 0.2) is 0 Å². The molecule has 0 aromatic carbocycles. The Labute approximate surface area is 144 Å². The van der Waals surface area contributed by atoms with Gasteiger partial charge in [0.05, 0.1) is 19.2 Å². The van der Waals surface area contributed by atoms with Gasteiger partial charge < -0.3 is 14.5 Å². The molecule has 0 unspecified atom stereocenters. The molecule has 1 aromatic heterocycles. The van der Waals surface area contributed by atoms with Gasteiger partial charge in [-0.1, -0.05) is 19.9 Å². The first-order valence-electron chi connectivity index (χ1n) is 9.48. The molecule has 2 fully saturated rings. The van der Waals surface area contributed by atoms with Gasteiger partial charge in [-0.3, -0.25) is 0 Å². The van der Waals surface area contributed by atoms with Gasteiger partial charge in [-0.2, -0.15) is 0 Å². The summed E-state index contributed by atoms with van der Waals surface area (Å²) in [7, 11) is 0. The molecule has 2 saturated heterocycles. The van der Waals surface area contributed by atoms with Crippen LogP contribution < -0.4 is 9.80 Å². The Hall–Kier alpha value is -1.31. The Morgan fingerprint density at radius 1 is 1.38 bits per heavy atom. The molecule has 1 aromatic rings. The number of ether oxygens (including phenoxy) is 1. The van der Waals surface area contributed by atoms with E-state index in [4.69, 9.17) is 4.74 Å². The summed E-state index contributed by atoms with van der Waals surface area (Å²) in [6, 6.07) is 0.400. The smallest absolute Gasteiger partial charge is 0.209 e. The van der Waals surface area contributed by atoms with Gasteiger partial charge in [0.2, 0.25) is 5.82 Å². The van der Waals surface area contributed by atoms with E-state index in [1.165, 1.54) is 26.2 Å². The molecule has 0 saturated carbocycles. The second-order valence-electron chi connectivity index (χ2n) is 7.10. The van der Waals surface area contributed by atoms with Crippen LogP contribution in [-0.2, 0) is 11.3 Å². The number of nitrogens with one attached hydrogen (secondary N) is 2. The van der Waals surface area contributed by atoms with Crippen molar-refractivity contribution in [1.29, 1.82) is 0 Å². The molecular formula is C17H32N6O+2. The lowest BCUT2D eigenvalue weighted by molar-refractivity contribution is -1.03. The van der Waals surface area contributed by atoms with Crippen molar-refractivity contribution in [3.8, 4) is 0 Å². The van der Waals surface area contributed by atoms with Crippen LogP contribution in [0.25, 0.3) is 0 Å². The summed E-state index contributed by atoms with van der Waals surface area (Å²) in [5.74, 6) is 1.05. The predicted octanol–water partition coefficient (Wildman–Crippen LogP) is -1.34. The third-order valence-electron chi connectivity index (χ3n) is 5.37. The van der Waals surface area contributed by atoms with Gasteiger partial charge in [-0.05, 0) is 29.3 Å². The van der Waals surface area contributed by atoms with E-state index in [0.29, 0.717) is 6.04 Å². The summed E-state index contributed by atoms with van der Waals surface area (Å²) < 4.78 is 7.78. The Kier molecular flexibility index (Phi) is 6.34. The van der Waals surface area contributed by atoms with Crippen molar-refractivity contribution >= 4 is 0 Å². The quantitative estimate of drug-likeness (QED) is 0.577. The van der Waals surface area contributed by atoms with E-state index in [-0.39, 0.29) is 6.10 Å². The number of quaternary nitrogens is 2. The molecule has 7 nitrogen and oxygen atoms in total. The molecule has 2 aliphatic heterocycles. The van der Waals surface area contributed by atoms with Crippen LogP contribution in [0.3, 0.4) is 0 Å². The average Bonchev–Trinajstić information content (AvgIpc) is 3.26. The highest BCUT2D eigenvalue weighted by molar-refractivity contribution is 4.88. The Morgan fingerprint density at radius 2 is 2.21 bits per heavy atom. The number of aromatic nitrogens is 4. The molecule has 0 bridgehead atoms. The SMILES string of the molecule is C=CC[NH+]1CC[NH+]([C@H](CCC)c2nnnn2C[C@H]2CCCO2)CC1. The van der Waals surface area contributed by atoms with Crippen molar-refractivity contribution in [2.75, 3.05) is 39.3 Å². The molecule has 134 valence electrons. The van der Waals surface area contributed by atoms with Crippen molar-refractivity contribution < 1.29 is 14.5 Å². The molecule has 2 atom stereocenters. The summed E-state index contributed by atoms with van der Waals surface area (Å²) in [6.07, 6.45) is 6.88. The lowest BCUT2D eigenvalue weighted by atomic mass is 10.1. The standard InChI is InChI=1S/C17H30N6O/c1-3-6-16(22-11-9-21(8-4-2)10-12-22)17-18-19-20-23(17)14-15-7-5-13-24-15/h4,15-16H,2-3,5-14H2,1H3/p+2/t15-,16-/m1/s1. The molecule has 7 heteroatoms. The molecule has 3 heterocycles. The van der Waals surface area contributed by atoms with Gasteiger partial charge in [-0.25, -0.2) is 4.68 Å². The van der Waals surface area contributed by atoms with Crippen LogP contribution in [0.5, 0.6) is 0 Å². The maximum Gasteiger partial charge on any atom is 0.209 e. The lowest BCUT2D eigenvalue weighted by Gasteiger charge is -2.33. The van der Waals surface area contributed by atoms with Gasteiger partial charge in [0, 0.05) is 13.0 Å². The largest absolute Gasteiger partial charge is 0.376 e. The number of nitrogens with zero attached hydrogens (tertiary/aromatic N) is 4. The van der Waals surface area contributed by atoms with Crippen LogP contribution in [-0.4, -0.2) is 65.6 Å². The summed E-state index contributed by atoms with van der Waals surface area (Å²) in [4.78, 5) is 3.27. The van der Waals surface area contributed by atoms with Crippen molar-refractivity contribution in [3.05, 3.63) is 18.5 Å². The van der Waals surface area contributed by atoms with Crippen molar-refractivity contribution in [2.24, 2.45) is 0 Å². The first-order chi connectivity index (χ1) is 11.8. The lowest BCUT2D eigenvalue weighted by Crippen LogP contribution is -3.28. The second kappa shape index (κ2) is 8.69. The molecule has 3 rings (SSSR count). The number of rotatable bonds is 8. The minimum atomic E-state index is 0.276. The number of hydrogen-bond acceptors (Lipinski definition) is 4. The topological polar surface area (TPSA) is 61.7 Å². The Balaban J connectivity index is 1.67. The van der Waals surface area contributed by atoms with Crippen LogP contribution >= 0.6 is 0 Å². The van der Waals surface area contributed by atoms with E-state index >= 15 is 0 Å². The van der Waals surface area contributed by atoms with E-state index in [1.807, 2.05) is 10.8 Å². The van der Waals surface area contributed by atoms with E-state index in [9.17, 15) is 0 Å². The molecule has 0 aliphatic carbocycles. The number of piperazine rings is 1. The zero-order valence-electron chi connectivity index (χ0n) is 14.9. The first kappa shape index (κ1) is 17.5. The Morgan fingerprint density at radius 3 is 2.88 bits per heavy atom. The van der Waals surface area contributed by atoms with Crippen molar-refractivity contribution in [3.63, 3.8) is 0 Å². The maximum absolute atomic E-state index is 5.77. The Bertz CT molecular complexity index is 505. The van der Waals surface area contributed by atoms with Gasteiger partial charge in [0.1, 0.15) is 32.2 Å². The van der Waals surface area contributed by atoms with Gasteiger partial charge >= 0.3 is 0 Å². The van der Waals surface area contributed by atoms with E-state index in [1.54, 1.807) is 9.80 Å². The predicted molar refractivity (Wildman–Crippen MR) is 90.9 cm³/mol. The fourth-order valence-electron chi connectivity index (χ4n) is 4.06. The molecule has 2 N–H and O–H groups in total. The van der Waals surface area contributed by atoms with Crippen LogP contribution in [0.2, 0.25) is 0 Å². The maximum atomic E-state index is 5.77. The summed E-state index contributed by atoms with van der Waals surface area (Å²) in [6.45, 7) is 13.6. The third kappa shape index (κ3) is 4.20. The van der Waals surface area contributed by atoms with Gasteiger partial charge in [0.25, 0.3) is 0 Å². The zero-order chi connectivity index (χ0) is 16.8. The first-order valence-corrected chi connectivity index (χ1v) is 9.48. The second-order valence-corrected chi connectivity index (χ2v) is 7.10. The molecule has 2 aliphatic rings. The van der Waals surface area contributed by atoms with Crippen LogP contribution in [0.4, 0.5) is 0 Å². The minimum absolute atomic E-state index is 0.276. The fourth-order valence-corrected chi connectivity index (χ4v) is 4.06. The van der Waals surface area contributed by atoms with Crippen LogP contribution in [0.15, 0.2) is 12.7 Å². The third-order valence-corrected chi connectivity index (χ3v) is 5.37. The number of tetrazole rings is 1. The summed E-state index contributed by atoms with van der Waals surface area (Å²) in [5.41, 5.74) is 0. The highest BCUT2D eigenvalue weighted by Crippen LogP contribution is 2.17. The highest BCUT2D eigenvalue weighted by Gasteiger charge is 2.33. The van der Waals surface area contributed by atoms with Gasteiger partial charge in [-0.15, -0.1) is 5.10 Å². The van der Waals surface area contributed by atoms with E-state index in [0.717, 1.165) is 51.2 Å². The molecular weight excluding hydrogens is 304 g/mol. The highest BCUT2D eigenvalue weighted by atomic mass is 16.5. The summed E-state index contributed by atoms with van der Waals surface area (Å²) >= 11 is 0. The van der Waals surface area contributed by atoms with E-state index in [2.05, 4.69) is 29.0 Å². The minimum Gasteiger partial charge on any atom is -0.376 e. The number of hydrogen-bond donors (Lipinski definition) is 2.